The van der Waals surface area contributed by atoms with Gasteiger partial charge in [-0.05, 0) is 25.1 Å². The van der Waals surface area contributed by atoms with E-state index in [1.54, 1.807) is 12.1 Å². The van der Waals surface area contributed by atoms with E-state index < -0.39 is 0 Å². The van der Waals surface area contributed by atoms with Crippen LogP contribution in [0.1, 0.15) is 5.56 Å². The first-order valence-electron chi connectivity index (χ1n) is 10.4. The summed E-state index contributed by atoms with van der Waals surface area (Å²) in [7, 11) is 3.03. The van der Waals surface area contributed by atoms with Gasteiger partial charge in [-0.3, -0.25) is 9.36 Å². The summed E-state index contributed by atoms with van der Waals surface area (Å²) in [5.74, 6) is 1.51. The normalized spacial score (nSPS) is 10.7. The van der Waals surface area contributed by atoms with Gasteiger partial charge in [0, 0.05) is 17.3 Å². The highest BCUT2D eigenvalue weighted by molar-refractivity contribution is 7.99. The molecule has 0 atom stereocenters. The average molecular weight is 495 g/mol. The molecular formula is C25H23ClN4O3S. The summed E-state index contributed by atoms with van der Waals surface area (Å²) in [5.41, 5.74) is 3.47. The number of benzene rings is 3. The lowest BCUT2D eigenvalue weighted by molar-refractivity contribution is -0.113. The fourth-order valence-corrected chi connectivity index (χ4v) is 4.33. The van der Waals surface area contributed by atoms with Crippen LogP contribution in [0.2, 0.25) is 5.02 Å². The van der Waals surface area contributed by atoms with Gasteiger partial charge in [0.25, 0.3) is 0 Å². The van der Waals surface area contributed by atoms with Gasteiger partial charge >= 0.3 is 0 Å². The summed E-state index contributed by atoms with van der Waals surface area (Å²) in [6.45, 7) is 2.04. The van der Waals surface area contributed by atoms with Gasteiger partial charge in [-0.2, -0.15) is 0 Å². The van der Waals surface area contributed by atoms with Crippen LogP contribution in [-0.2, 0) is 4.79 Å². The van der Waals surface area contributed by atoms with Crippen molar-refractivity contribution in [3.63, 3.8) is 0 Å². The Labute approximate surface area is 207 Å². The molecule has 4 rings (SSSR count). The van der Waals surface area contributed by atoms with E-state index in [9.17, 15) is 4.79 Å². The highest BCUT2D eigenvalue weighted by Gasteiger charge is 2.18. The zero-order valence-corrected chi connectivity index (χ0v) is 20.5. The summed E-state index contributed by atoms with van der Waals surface area (Å²) >= 11 is 7.51. The predicted octanol–water partition coefficient (Wildman–Crippen LogP) is 5.64. The Morgan fingerprint density at radius 3 is 2.38 bits per heavy atom. The monoisotopic (exact) mass is 494 g/mol. The van der Waals surface area contributed by atoms with E-state index in [1.165, 1.54) is 26.0 Å². The van der Waals surface area contributed by atoms with Gasteiger partial charge in [0.15, 0.2) is 11.0 Å². The van der Waals surface area contributed by atoms with E-state index in [2.05, 4.69) is 15.5 Å². The highest BCUT2D eigenvalue weighted by atomic mass is 35.5. The van der Waals surface area contributed by atoms with Gasteiger partial charge in [0.1, 0.15) is 11.5 Å². The highest BCUT2D eigenvalue weighted by Crippen LogP contribution is 2.36. The van der Waals surface area contributed by atoms with Crippen LogP contribution in [0.4, 0.5) is 5.69 Å². The van der Waals surface area contributed by atoms with Gasteiger partial charge < -0.3 is 14.8 Å². The zero-order valence-electron chi connectivity index (χ0n) is 18.9. The average Bonchev–Trinajstić information content (AvgIpc) is 3.28. The Kier molecular flexibility index (Phi) is 7.40. The van der Waals surface area contributed by atoms with Crippen molar-refractivity contribution in [1.29, 1.82) is 0 Å². The van der Waals surface area contributed by atoms with Crippen molar-refractivity contribution in [3.8, 4) is 28.6 Å². The molecule has 0 saturated heterocycles. The molecule has 1 N–H and O–H groups in total. The van der Waals surface area contributed by atoms with E-state index in [0.717, 1.165) is 16.8 Å². The molecule has 1 amide bonds. The second-order valence-corrected chi connectivity index (χ2v) is 8.72. The lowest BCUT2D eigenvalue weighted by atomic mass is 10.2. The number of methoxy groups -OCH3 is 2. The number of hydrogen-bond acceptors (Lipinski definition) is 6. The third kappa shape index (κ3) is 5.18. The number of hydrogen-bond donors (Lipinski definition) is 1. The number of aryl methyl sites for hydroxylation is 1. The number of aromatic nitrogens is 3. The maximum atomic E-state index is 12.8. The van der Waals surface area contributed by atoms with Crippen LogP contribution in [0.15, 0.2) is 71.9 Å². The zero-order chi connectivity index (χ0) is 24.1. The standard InChI is InChI=1S/C25H23ClN4O3S/c1-16-9-11-18(12-10-16)30-24(17-7-5-4-6-8-17)28-29-25(30)34-15-23(31)27-20-13-19(26)21(32-2)14-22(20)33-3/h4-14H,15H2,1-3H3,(H,27,31). The number of rotatable bonds is 8. The molecule has 4 aromatic rings. The quantitative estimate of drug-likeness (QED) is 0.319. The number of thioether (sulfide) groups is 1. The number of nitrogens with zero attached hydrogens (tertiary/aromatic N) is 3. The van der Waals surface area contributed by atoms with Crippen LogP contribution in [0.3, 0.4) is 0 Å². The summed E-state index contributed by atoms with van der Waals surface area (Å²) in [6.07, 6.45) is 0. The Morgan fingerprint density at radius 1 is 1.00 bits per heavy atom. The number of carbonyl (C=O) groups excluding carboxylic acids is 1. The van der Waals surface area contributed by atoms with E-state index in [0.29, 0.717) is 33.2 Å². The van der Waals surface area contributed by atoms with Crippen molar-refractivity contribution in [2.75, 3.05) is 25.3 Å². The van der Waals surface area contributed by atoms with Crippen LogP contribution >= 0.6 is 23.4 Å². The van der Waals surface area contributed by atoms with E-state index >= 15 is 0 Å². The second kappa shape index (κ2) is 10.6. The molecule has 0 unspecified atom stereocenters. The Morgan fingerprint density at radius 2 is 1.71 bits per heavy atom. The number of ether oxygens (including phenoxy) is 2. The molecule has 0 radical (unpaired) electrons. The van der Waals surface area contributed by atoms with E-state index in [1.807, 2.05) is 66.1 Å². The molecule has 0 saturated carbocycles. The lowest BCUT2D eigenvalue weighted by Crippen LogP contribution is -2.15. The van der Waals surface area contributed by atoms with Crippen LogP contribution < -0.4 is 14.8 Å². The molecule has 1 heterocycles. The minimum Gasteiger partial charge on any atom is -0.495 e. The Balaban J connectivity index is 1.58. The molecular weight excluding hydrogens is 472 g/mol. The number of amides is 1. The molecule has 174 valence electrons. The lowest BCUT2D eigenvalue weighted by Gasteiger charge is -2.13. The number of halogens is 1. The molecule has 0 bridgehead atoms. The number of carbonyl (C=O) groups is 1. The minimum absolute atomic E-state index is 0.117. The first-order chi connectivity index (χ1) is 16.5. The SMILES string of the molecule is COc1cc(OC)c(NC(=O)CSc2nnc(-c3ccccc3)n2-c2ccc(C)cc2)cc1Cl. The largest absolute Gasteiger partial charge is 0.495 e. The third-order valence-electron chi connectivity index (χ3n) is 5.04. The predicted molar refractivity (Wildman–Crippen MR) is 135 cm³/mol. The van der Waals surface area contributed by atoms with Crippen molar-refractivity contribution in [3.05, 3.63) is 77.3 Å². The van der Waals surface area contributed by atoms with Gasteiger partial charge in [-0.15, -0.1) is 10.2 Å². The topological polar surface area (TPSA) is 78.3 Å². The summed E-state index contributed by atoms with van der Waals surface area (Å²) in [6, 6.07) is 21.2. The number of nitrogens with one attached hydrogen (secondary N) is 1. The van der Waals surface area contributed by atoms with Crippen molar-refractivity contribution < 1.29 is 14.3 Å². The fraction of sp³-hybridized carbons (Fsp3) is 0.160. The molecule has 0 spiro atoms. The summed E-state index contributed by atoms with van der Waals surface area (Å²) in [4.78, 5) is 12.8. The molecule has 0 aliphatic heterocycles. The molecule has 34 heavy (non-hydrogen) atoms. The first-order valence-corrected chi connectivity index (χ1v) is 11.8. The van der Waals surface area contributed by atoms with Gasteiger partial charge in [0.05, 0.1) is 30.7 Å². The van der Waals surface area contributed by atoms with Gasteiger partial charge in [-0.1, -0.05) is 71.4 Å². The van der Waals surface area contributed by atoms with Crippen molar-refractivity contribution >= 4 is 35.0 Å². The van der Waals surface area contributed by atoms with Crippen molar-refractivity contribution in [1.82, 2.24) is 14.8 Å². The van der Waals surface area contributed by atoms with Crippen LogP contribution in [-0.4, -0.2) is 40.6 Å². The number of anilines is 1. The van der Waals surface area contributed by atoms with Gasteiger partial charge in [-0.25, -0.2) is 0 Å². The summed E-state index contributed by atoms with van der Waals surface area (Å²) < 4.78 is 12.5. The first kappa shape index (κ1) is 23.7. The smallest absolute Gasteiger partial charge is 0.234 e. The molecule has 3 aromatic carbocycles. The van der Waals surface area contributed by atoms with Crippen LogP contribution in [0.25, 0.3) is 17.1 Å². The second-order valence-electron chi connectivity index (χ2n) is 7.37. The van der Waals surface area contributed by atoms with Crippen LogP contribution in [0, 0.1) is 6.92 Å². The van der Waals surface area contributed by atoms with Gasteiger partial charge in [0.2, 0.25) is 5.91 Å². The molecule has 9 heteroatoms. The maximum absolute atomic E-state index is 12.8. The van der Waals surface area contributed by atoms with Crippen LogP contribution in [0.5, 0.6) is 11.5 Å². The fourth-order valence-electron chi connectivity index (χ4n) is 3.34. The van der Waals surface area contributed by atoms with E-state index in [-0.39, 0.29) is 11.7 Å². The van der Waals surface area contributed by atoms with Crippen molar-refractivity contribution in [2.24, 2.45) is 0 Å². The summed E-state index contributed by atoms with van der Waals surface area (Å²) in [5, 5.41) is 12.6. The Bertz CT molecular complexity index is 1290. The molecule has 7 nitrogen and oxygen atoms in total. The maximum Gasteiger partial charge on any atom is 0.234 e. The molecule has 0 aliphatic carbocycles. The van der Waals surface area contributed by atoms with Crippen molar-refractivity contribution in [2.45, 2.75) is 12.1 Å². The minimum atomic E-state index is -0.232. The molecule has 0 aliphatic rings. The molecule has 1 aromatic heterocycles. The van der Waals surface area contributed by atoms with E-state index in [4.69, 9.17) is 21.1 Å². The third-order valence-corrected chi connectivity index (χ3v) is 6.26. The molecule has 0 fully saturated rings. The Hall–Kier alpha value is -3.49.